The Kier molecular flexibility index (Phi) is 6.64. The minimum atomic E-state index is -0.540. The van der Waals surface area contributed by atoms with E-state index in [9.17, 15) is 10.1 Å². The third-order valence-corrected chi connectivity index (χ3v) is 8.74. The van der Waals surface area contributed by atoms with Crippen molar-refractivity contribution in [2.45, 2.75) is 42.7 Å². The summed E-state index contributed by atoms with van der Waals surface area (Å²) in [4.78, 5) is 15.4. The molecule has 1 aliphatic carbocycles. The van der Waals surface area contributed by atoms with Crippen molar-refractivity contribution >= 4 is 45.6 Å². The molecule has 2 heterocycles. The van der Waals surface area contributed by atoms with Gasteiger partial charge in [0.15, 0.2) is 10.1 Å². The molecule has 0 fully saturated rings. The third-order valence-electron chi connectivity index (χ3n) is 6.38. The summed E-state index contributed by atoms with van der Waals surface area (Å²) in [6.45, 7) is 4.15. The van der Waals surface area contributed by atoms with Crippen LogP contribution in [0.2, 0.25) is 5.02 Å². The summed E-state index contributed by atoms with van der Waals surface area (Å²) in [5, 5.41) is 20.2. The molecule has 1 aliphatic heterocycles. The molecule has 1 aromatic heterocycles. The number of nitrogens with zero attached hydrogens (tertiary/aromatic N) is 4. The Labute approximate surface area is 223 Å². The Balaban J connectivity index is 1.58. The smallest absolute Gasteiger partial charge is 0.219 e. The number of Topliss-reactive ketones (excluding diaryl/α,β-unsaturated/α-hetero) is 1. The molecule has 182 valence electrons. The SMILES string of the molecule is CC1(C)CC(=O)C2=C(C1)N(c1nnc(SCc3ccccc3)s1)C(N)=C(C#N)C2c1ccc(Cl)cc1. The molecule has 2 aliphatic rings. The van der Waals surface area contributed by atoms with Crippen LogP contribution in [-0.4, -0.2) is 16.0 Å². The van der Waals surface area contributed by atoms with E-state index in [1.165, 1.54) is 16.9 Å². The average molecular weight is 534 g/mol. The van der Waals surface area contributed by atoms with E-state index < -0.39 is 5.92 Å². The minimum Gasteiger partial charge on any atom is -0.384 e. The second-order valence-corrected chi connectivity index (χ2v) is 12.3. The van der Waals surface area contributed by atoms with Gasteiger partial charge in [0.2, 0.25) is 5.13 Å². The van der Waals surface area contributed by atoms with Crippen molar-refractivity contribution in [1.82, 2.24) is 10.2 Å². The van der Waals surface area contributed by atoms with E-state index in [2.05, 4.69) is 42.2 Å². The number of rotatable bonds is 5. The number of nitrogens with two attached hydrogens (primary N) is 1. The lowest BCUT2D eigenvalue weighted by molar-refractivity contribution is -0.118. The lowest BCUT2D eigenvalue weighted by Gasteiger charge is -2.42. The molecule has 0 spiro atoms. The van der Waals surface area contributed by atoms with Gasteiger partial charge in [0.1, 0.15) is 5.82 Å². The van der Waals surface area contributed by atoms with Crippen molar-refractivity contribution in [3.05, 3.63) is 93.4 Å². The highest BCUT2D eigenvalue weighted by atomic mass is 35.5. The predicted molar refractivity (Wildman–Crippen MR) is 144 cm³/mol. The first kappa shape index (κ1) is 24.6. The van der Waals surface area contributed by atoms with Crippen LogP contribution < -0.4 is 10.6 Å². The zero-order chi connectivity index (χ0) is 25.4. The van der Waals surface area contributed by atoms with Gasteiger partial charge in [-0.2, -0.15) is 5.26 Å². The molecule has 0 amide bonds. The highest BCUT2D eigenvalue weighted by molar-refractivity contribution is 8.00. The van der Waals surface area contributed by atoms with Crippen molar-refractivity contribution in [2.75, 3.05) is 4.90 Å². The fourth-order valence-electron chi connectivity index (χ4n) is 4.79. The van der Waals surface area contributed by atoms with E-state index in [0.29, 0.717) is 34.1 Å². The van der Waals surface area contributed by atoms with Crippen LogP contribution in [0.5, 0.6) is 0 Å². The monoisotopic (exact) mass is 533 g/mol. The fraction of sp³-hybridized carbons (Fsp3) is 0.259. The zero-order valence-electron chi connectivity index (χ0n) is 19.9. The van der Waals surface area contributed by atoms with Gasteiger partial charge in [-0.15, -0.1) is 10.2 Å². The Bertz CT molecular complexity index is 1420. The van der Waals surface area contributed by atoms with E-state index in [-0.39, 0.29) is 17.0 Å². The maximum atomic E-state index is 13.6. The number of carbonyl (C=O) groups is 1. The molecular weight excluding hydrogens is 510 g/mol. The van der Waals surface area contributed by atoms with Crippen molar-refractivity contribution in [3.63, 3.8) is 0 Å². The maximum Gasteiger partial charge on any atom is 0.219 e. The van der Waals surface area contributed by atoms with Gasteiger partial charge in [0.25, 0.3) is 0 Å². The van der Waals surface area contributed by atoms with E-state index >= 15 is 0 Å². The molecule has 36 heavy (non-hydrogen) atoms. The van der Waals surface area contributed by atoms with E-state index in [4.69, 9.17) is 17.3 Å². The highest BCUT2D eigenvalue weighted by Crippen LogP contribution is 2.50. The van der Waals surface area contributed by atoms with Crippen LogP contribution in [-0.2, 0) is 10.5 Å². The summed E-state index contributed by atoms with van der Waals surface area (Å²) in [6, 6.07) is 19.7. The van der Waals surface area contributed by atoms with Crippen LogP contribution in [0.1, 0.15) is 43.7 Å². The molecule has 1 unspecified atom stereocenters. The van der Waals surface area contributed by atoms with Crippen LogP contribution in [0.15, 0.2) is 81.6 Å². The number of carbonyl (C=O) groups excluding carboxylic acids is 1. The van der Waals surface area contributed by atoms with Gasteiger partial charge in [-0.3, -0.25) is 9.69 Å². The second kappa shape index (κ2) is 9.74. The number of anilines is 1. The van der Waals surface area contributed by atoms with Crippen LogP contribution in [0.3, 0.4) is 0 Å². The molecule has 0 bridgehead atoms. The summed E-state index contributed by atoms with van der Waals surface area (Å²) in [5.41, 5.74) is 10.2. The number of hydrogen-bond acceptors (Lipinski definition) is 8. The Morgan fingerprint density at radius 3 is 2.58 bits per heavy atom. The van der Waals surface area contributed by atoms with Crippen molar-refractivity contribution in [3.8, 4) is 6.07 Å². The summed E-state index contributed by atoms with van der Waals surface area (Å²) in [7, 11) is 0. The molecule has 1 atom stereocenters. The number of benzene rings is 2. The van der Waals surface area contributed by atoms with Crippen LogP contribution in [0.25, 0.3) is 0 Å². The lowest BCUT2D eigenvalue weighted by Crippen LogP contribution is -2.42. The molecule has 9 heteroatoms. The molecule has 0 saturated carbocycles. The number of nitriles is 1. The van der Waals surface area contributed by atoms with E-state index in [0.717, 1.165) is 21.4 Å². The summed E-state index contributed by atoms with van der Waals surface area (Å²) in [5.74, 6) is 0.538. The first-order chi connectivity index (χ1) is 17.3. The normalized spacial score (nSPS) is 19.3. The van der Waals surface area contributed by atoms with Crippen molar-refractivity contribution < 1.29 is 4.79 Å². The average Bonchev–Trinajstić information content (AvgIpc) is 3.31. The Morgan fingerprint density at radius 1 is 1.17 bits per heavy atom. The van der Waals surface area contributed by atoms with Crippen LogP contribution in [0, 0.1) is 16.7 Å². The van der Waals surface area contributed by atoms with Gasteiger partial charge in [0.05, 0.1) is 17.6 Å². The van der Waals surface area contributed by atoms with Crippen LogP contribution in [0.4, 0.5) is 5.13 Å². The quantitative estimate of drug-likeness (QED) is 0.378. The number of ketones is 1. The summed E-state index contributed by atoms with van der Waals surface area (Å²) < 4.78 is 0.795. The van der Waals surface area contributed by atoms with Gasteiger partial charge in [-0.25, -0.2) is 0 Å². The molecule has 0 radical (unpaired) electrons. The van der Waals surface area contributed by atoms with Crippen molar-refractivity contribution in [1.29, 1.82) is 5.26 Å². The molecular formula is C27H24ClN5OS2. The van der Waals surface area contributed by atoms with E-state index in [1.54, 1.807) is 28.8 Å². The lowest BCUT2D eigenvalue weighted by atomic mass is 9.69. The van der Waals surface area contributed by atoms with Gasteiger partial charge >= 0.3 is 0 Å². The Hall–Kier alpha value is -3.12. The molecule has 2 N–H and O–H groups in total. The fourth-order valence-corrected chi connectivity index (χ4v) is 6.75. The predicted octanol–water partition coefficient (Wildman–Crippen LogP) is 6.42. The second-order valence-electron chi connectivity index (χ2n) is 9.66. The molecule has 2 aromatic carbocycles. The van der Waals surface area contributed by atoms with Gasteiger partial charge in [-0.05, 0) is 35.1 Å². The number of aromatic nitrogens is 2. The maximum absolute atomic E-state index is 13.6. The first-order valence-corrected chi connectivity index (χ1v) is 13.7. The number of thioether (sulfide) groups is 1. The summed E-state index contributed by atoms with van der Waals surface area (Å²) >= 11 is 9.13. The number of hydrogen-bond donors (Lipinski definition) is 1. The van der Waals surface area contributed by atoms with Gasteiger partial charge in [0, 0.05) is 28.5 Å². The van der Waals surface area contributed by atoms with Crippen molar-refractivity contribution in [2.24, 2.45) is 11.1 Å². The molecule has 0 saturated heterocycles. The van der Waals surface area contributed by atoms with Gasteiger partial charge < -0.3 is 5.73 Å². The topological polar surface area (TPSA) is 95.9 Å². The molecule has 5 rings (SSSR count). The zero-order valence-corrected chi connectivity index (χ0v) is 22.3. The summed E-state index contributed by atoms with van der Waals surface area (Å²) in [6.07, 6.45) is 1.03. The highest BCUT2D eigenvalue weighted by Gasteiger charge is 2.45. The Morgan fingerprint density at radius 2 is 1.89 bits per heavy atom. The number of halogens is 1. The third kappa shape index (κ3) is 4.66. The molecule has 6 nitrogen and oxygen atoms in total. The number of allylic oxidation sites excluding steroid dienone is 3. The standard InChI is InChI=1S/C27H24ClN5OS2/c1-27(2)12-20-23(21(34)13-27)22(17-8-10-18(28)11-9-17)19(14-29)24(30)33(20)25-31-32-26(36-25)35-15-16-6-4-3-5-7-16/h3-11,22H,12-13,15,30H2,1-2H3. The first-order valence-electron chi connectivity index (χ1n) is 11.5. The molecule has 3 aromatic rings. The van der Waals surface area contributed by atoms with Crippen LogP contribution >= 0.6 is 34.7 Å². The van der Waals surface area contributed by atoms with Gasteiger partial charge in [-0.1, -0.05) is 91.0 Å². The largest absolute Gasteiger partial charge is 0.384 e. The minimum absolute atomic E-state index is 0.0228. The van der Waals surface area contributed by atoms with E-state index in [1.807, 2.05) is 30.3 Å².